The lowest BCUT2D eigenvalue weighted by atomic mass is 10.1. The molecule has 1 aromatic heterocycles. The highest BCUT2D eigenvalue weighted by Crippen LogP contribution is 2.21. The minimum absolute atomic E-state index is 0.0102. The number of carbonyl (C=O) groups is 1. The minimum atomic E-state index is -0.0102. The summed E-state index contributed by atoms with van der Waals surface area (Å²) >= 11 is 7.95. The number of benzene rings is 1. The third-order valence-electron chi connectivity index (χ3n) is 3.23. The lowest BCUT2D eigenvalue weighted by Gasteiger charge is -2.38. The van der Waals surface area contributed by atoms with Gasteiger partial charge < -0.3 is 9.64 Å². The van der Waals surface area contributed by atoms with E-state index in [-0.39, 0.29) is 12.0 Å². The van der Waals surface area contributed by atoms with Crippen LogP contribution in [0.25, 0.3) is 0 Å². The van der Waals surface area contributed by atoms with Gasteiger partial charge >= 0.3 is 0 Å². The van der Waals surface area contributed by atoms with Crippen molar-refractivity contribution >= 4 is 40.1 Å². The van der Waals surface area contributed by atoms with Crippen LogP contribution in [0.1, 0.15) is 10.4 Å². The van der Waals surface area contributed by atoms with Crippen LogP contribution in [0.2, 0.25) is 5.02 Å². The van der Waals surface area contributed by atoms with Gasteiger partial charge in [-0.15, -0.1) is 0 Å². The van der Waals surface area contributed by atoms with Crippen molar-refractivity contribution in [3.8, 4) is 5.88 Å². The monoisotopic (exact) mass is 414 g/mol. The molecular weight excluding hydrogens is 403 g/mol. The van der Waals surface area contributed by atoms with E-state index in [2.05, 4.69) is 27.6 Å². The summed E-state index contributed by atoms with van der Waals surface area (Å²) in [6.45, 7) is 1.15. The third kappa shape index (κ3) is 3.29. The van der Waals surface area contributed by atoms with Crippen molar-refractivity contribution in [1.82, 2.24) is 9.88 Å². The van der Waals surface area contributed by atoms with E-state index in [1.807, 2.05) is 24.3 Å². The summed E-state index contributed by atoms with van der Waals surface area (Å²) in [4.78, 5) is 18.2. The lowest BCUT2D eigenvalue weighted by molar-refractivity contribution is 0.0159. The van der Waals surface area contributed by atoms with Gasteiger partial charge in [-0.05, 0) is 40.8 Å². The Morgan fingerprint density at radius 3 is 2.71 bits per heavy atom. The number of ether oxygens (including phenoxy) is 1. The molecule has 0 aliphatic carbocycles. The SMILES string of the molecule is O=C(c1ccccc1I)N1CC(Oc2ccc(Cl)cn2)C1. The van der Waals surface area contributed by atoms with Crippen LogP contribution in [-0.4, -0.2) is 35.0 Å². The Morgan fingerprint density at radius 2 is 2.05 bits per heavy atom. The largest absolute Gasteiger partial charge is 0.471 e. The van der Waals surface area contributed by atoms with Gasteiger partial charge in [-0.3, -0.25) is 4.79 Å². The number of halogens is 2. The maximum atomic E-state index is 12.3. The fourth-order valence-electron chi connectivity index (χ4n) is 2.09. The first-order chi connectivity index (χ1) is 10.1. The molecule has 0 radical (unpaired) electrons. The van der Waals surface area contributed by atoms with E-state index in [0.717, 1.165) is 9.13 Å². The quantitative estimate of drug-likeness (QED) is 0.724. The zero-order chi connectivity index (χ0) is 14.8. The molecule has 0 atom stereocenters. The number of pyridine rings is 1. The molecule has 0 saturated carbocycles. The van der Waals surface area contributed by atoms with E-state index < -0.39 is 0 Å². The third-order valence-corrected chi connectivity index (χ3v) is 4.39. The van der Waals surface area contributed by atoms with E-state index in [9.17, 15) is 4.79 Å². The number of aromatic nitrogens is 1. The molecule has 0 N–H and O–H groups in total. The summed E-state index contributed by atoms with van der Waals surface area (Å²) < 4.78 is 6.65. The highest BCUT2D eigenvalue weighted by atomic mass is 127. The van der Waals surface area contributed by atoms with Gasteiger partial charge in [0.05, 0.1) is 23.7 Å². The van der Waals surface area contributed by atoms with Crippen molar-refractivity contribution < 1.29 is 9.53 Å². The molecule has 108 valence electrons. The first-order valence-electron chi connectivity index (χ1n) is 6.45. The second kappa shape index (κ2) is 6.19. The van der Waals surface area contributed by atoms with E-state index in [1.54, 1.807) is 23.2 Å². The summed E-state index contributed by atoms with van der Waals surface area (Å²) in [5, 5.41) is 0.575. The maximum Gasteiger partial charge on any atom is 0.255 e. The molecule has 21 heavy (non-hydrogen) atoms. The molecule has 0 spiro atoms. The molecule has 0 unspecified atom stereocenters. The number of rotatable bonds is 3. The Bertz CT molecular complexity index is 657. The zero-order valence-corrected chi connectivity index (χ0v) is 13.9. The fourth-order valence-corrected chi connectivity index (χ4v) is 2.82. The van der Waals surface area contributed by atoms with Crippen LogP contribution in [0.15, 0.2) is 42.6 Å². The first kappa shape index (κ1) is 14.6. The van der Waals surface area contributed by atoms with E-state index in [0.29, 0.717) is 24.0 Å². The van der Waals surface area contributed by atoms with Crippen molar-refractivity contribution in [1.29, 1.82) is 0 Å². The number of hydrogen-bond acceptors (Lipinski definition) is 3. The number of carbonyl (C=O) groups excluding carboxylic acids is 1. The summed E-state index contributed by atoms with van der Waals surface area (Å²) in [7, 11) is 0. The first-order valence-corrected chi connectivity index (χ1v) is 7.91. The molecule has 1 aliphatic heterocycles. The van der Waals surface area contributed by atoms with Gasteiger partial charge in [-0.1, -0.05) is 23.7 Å². The number of hydrogen-bond donors (Lipinski definition) is 0. The van der Waals surface area contributed by atoms with Crippen LogP contribution in [0.4, 0.5) is 0 Å². The highest BCUT2D eigenvalue weighted by molar-refractivity contribution is 14.1. The molecule has 6 heteroatoms. The van der Waals surface area contributed by atoms with Gasteiger partial charge in [-0.25, -0.2) is 4.98 Å². The van der Waals surface area contributed by atoms with Crippen molar-refractivity contribution in [2.75, 3.05) is 13.1 Å². The Hall–Kier alpha value is -1.34. The van der Waals surface area contributed by atoms with Crippen LogP contribution in [-0.2, 0) is 0 Å². The van der Waals surface area contributed by atoms with Crippen molar-refractivity contribution in [3.05, 3.63) is 56.8 Å². The summed E-state index contributed by atoms with van der Waals surface area (Å²) in [5.41, 5.74) is 0.737. The summed E-state index contributed by atoms with van der Waals surface area (Å²) in [5.74, 6) is 0.578. The van der Waals surface area contributed by atoms with E-state index >= 15 is 0 Å². The van der Waals surface area contributed by atoms with Crippen LogP contribution >= 0.6 is 34.2 Å². The van der Waals surface area contributed by atoms with Crippen LogP contribution < -0.4 is 4.74 Å². The second-order valence-electron chi connectivity index (χ2n) is 4.74. The van der Waals surface area contributed by atoms with Gasteiger partial charge in [0.1, 0.15) is 6.10 Å². The van der Waals surface area contributed by atoms with E-state index in [1.165, 1.54) is 0 Å². The standard InChI is InChI=1S/C15H12ClIN2O2/c16-10-5-6-14(18-7-10)21-11-8-19(9-11)15(20)12-3-1-2-4-13(12)17/h1-7,11H,8-9H2. The molecule has 2 aromatic rings. The topological polar surface area (TPSA) is 42.4 Å². The molecule has 1 aromatic carbocycles. The number of amides is 1. The Morgan fingerprint density at radius 1 is 1.29 bits per heavy atom. The van der Waals surface area contributed by atoms with Crippen LogP contribution in [0.5, 0.6) is 5.88 Å². The van der Waals surface area contributed by atoms with Gasteiger partial charge in [0, 0.05) is 15.8 Å². The molecule has 1 aliphatic rings. The predicted molar refractivity (Wildman–Crippen MR) is 88.7 cm³/mol. The Balaban J connectivity index is 1.57. The normalized spacial score (nSPS) is 14.7. The van der Waals surface area contributed by atoms with Gasteiger partial charge in [0.15, 0.2) is 0 Å². The molecule has 1 fully saturated rings. The maximum absolute atomic E-state index is 12.3. The minimum Gasteiger partial charge on any atom is -0.471 e. The molecule has 0 bridgehead atoms. The highest BCUT2D eigenvalue weighted by Gasteiger charge is 2.33. The van der Waals surface area contributed by atoms with Gasteiger partial charge in [0.25, 0.3) is 5.91 Å². The Labute approximate surface area is 141 Å². The fraction of sp³-hybridized carbons (Fsp3) is 0.200. The molecule has 1 saturated heterocycles. The molecule has 2 heterocycles. The van der Waals surface area contributed by atoms with Crippen molar-refractivity contribution in [3.63, 3.8) is 0 Å². The van der Waals surface area contributed by atoms with Crippen LogP contribution in [0.3, 0.4) is 0 Å². The molecule has 1 amide bonds. The average molecular weight is 415 g/mol. The van der Waals surface area contributed by atoms with Gasteiger partial charge in [-0.2, -0.15) is 0 Å². The lowest BCUT2D eigenvalue weighted by Crippen LogP contribution is -2.56. The average Bonchev–Trinajstić information content (AvgIpc) is 2.44. The summed E-state index contributed by atoms with van der Waals surface area (Å²) in [6, 6.07) is 11.0. The van der Waals surface area contributed by atoms with Crippen molar-refractivity contribution in [2.45, 2.75) is 6.10 Å². The predicted octanol–water partition coefficient (Wildman–Crippen LogP) is 3.24. The van der Waals surface area contributed by atoms with E-state index in [4.69, 9.17) is 16.3 Å². The number of likely N-dealkylation sites (tertiary alicyclic amines) is 1. The van der Waals surface area contributed by atoms with Gasteiger partial charge in [0.2, 0.25) is 5.88 Å². The second-order valence-corrected chi connectivity index (χ2v) is 6.34. The van der Waals surface area contributed by atoms with Crippen molar-refractivity contribution in [2.24, 2.45) is 0 Å². The summed E-state index contributed by atoms with van der Waals surface area (Å²) in [6.07, 6.45) is 1.54. The number of nitrogens with zero attached hydrogens (tertiary/aromatic N) is 2. The molecule has 4 nitrogen and oxygen atoms in total. The Kier molecular flexibility index (Phi) is 4.30. The van der Waals surface area contributed by atoms with Crippen LogP contribution in [0, 0.1) is 3.57 Å². The molecular formula is C15H12ClIN2O2. The molecule has 3 rings (SSSR count). The smallest absolute Gasteiger partial charge is 0.255 e. The zero-order valence-electron chi connectivity index (χ0n) is 11.0.